The molecule has 0 bridgehead atoms. The molecule has 1 amide bonds. The van der Waals surface area contributed by atoms with E-state index in [4.69, 9.17) is 16.3 Å². The average molecular weight is 533 g/mol. The number of piperazine rings is 1. The molecule has 1 aromatic heterocycles. The summed E-state index contributed by atoms with van der Waals surface area (Å²) >= 11 is 5.97. The Morgan fingerprint density at radius 3 is 2.86 bits per heavy atom. The lowest BCUT2D eigenvalue weighted by molar-refractivity contribution is -0.120. The highest BCUT2D eigenvalue weighted by molar-refractivity contribution is 14.0. The second-order valence-electron chi connectivity index (χ2n) is 6.50. The number of rotatable bonds is 6. The summed E-state index contributed by atoms with van der Waals surface area (Å²) in [6.45, 7) is 3.20. The highest BCUT2D eigenvalue weighted by atomic mass is 127. The van der Waals surface area contributed by atoms with E-state index in [9.17, 15) is 4.79 Å². The van der Waals surface area contributed by atoms with Gasteiger partial charge in [0.25, 0.3) is 0 Å². The molecule has 3 rings (SSSR count). The van der Waals surface area contributed by atoms with Crippen LogP contribution in [0.15, 0.2) is 41.7 Å². The predicted molar refractivity (Wildman–Crippen MR) is 125 cm³/mol. The molecule has 1 aliphatic heterocycles. The molecule has 29 heavy (non-hydrogen) atoms. The zero-order valence-corrected chi connectivity index (χ0v) is 19.6. The fourth-order valence-corrected chi connectivity index (χ4v) is 3.27. The molecular formula is C19H26ClIN6O2. The minimum absolute atomic E-state index is 0. The van der Waals surface area contributed by atoms with Gasteiger partial charge in [0.1, 0.15) is 6.54 Å². The molecular weight excluding hydrogens is 507 g/mol. The van der Waals surface area contributed by atoms with Crippen molar-refractivity contribution in [1.29, 1.82) is 0 Å². The molecule has 1 aliphatic rings. The van der Waals surface area contributed by atoms with Crippen LogP contribution >= 0.6 is 35.6 Å². The van der Waals surface area contributed by atoms with E-state index in [2.05, 4.69) is 15.4 Å². The van der Waals surface area contributed by atoms with Crippen molar-refractivity contribution in [2.45, 2.75) is 6.61 Å². The van der Waals surface area contributed by atoms with Crippen LogP contribution in [0.2, 0.25) is 5.02 Å². The van der Waals surface area contributed by atoms with Gasteiger partial charge in [-0.2, -0.15) is 5.10 Å². The highest BCUT2D eigenvalue weighted by Gasteiger charge is 2.27. The van der Waals surface area contributed by atoms with Gasteiger partial charge < -0.3 is 19.9 Å². The lowest BCUT2D eigenvalue weighted by Gasteiger charge is -2.35. The zero-order valence-electron chi connectivity index (χ0n) is 16.5. The molecule has 2 heterocycles. The third-order valence-corrected chi connectivity index (χ3v) is 4.66. The Morgan fingerprint density at radius 1 is 1.38 bits per heavy atom. The van der Waals surface area contributed by atoms with E-state index >= 15 is 0 Å². The van der Waals surface area contributed by atoms with Crippen LogP contribution in [0.1, 0.15) is 5.56 Å². The number of amides is 1. The summed E-state index contributed by atoms with van der Waals surface area (Å²) in [6, 6.07) is 7.61. The molecule has 1 saturated heterocycles. The van der Waals surface area contributed by atoms with Gasteiger partial charge in [-0.25, -0.2) is 0 Å². The normalized spacial score (nSPS) is 14.7. The summed E-state index contributed by atoms with van der Waals surface area (Å²) in [4.78, 5) is 20.5. The predicted octanol–water partition coefficient (Wildman–Crippen LogP) is 2.13. The number of hydrogen-bond donors (Lipinski definition) is 1. The molecule has 158 valence electrons. The van der Waals surface area contributed by atoms with Crippen molar-refractivity contribution < 1.29 is 9.53 Å². The first kappa shape index (κ1) is 23.4. The minimum Gasteiger partial charge on any atom is -0.375 e. The molecule has 0 spiro atoms. The van der Waals surface area contributed by atoms with E-state index in [0.29, 0.717) is 43.8 Å². The molecule has 0 atom stereocenters. The maximum absolute atomic E-state index is 12.5. The van der Waals surface area contributed by atoms with Gasteiger partial charge >= 0.3 is 0 Å². The van der Waals surface area contributed by atoms with Crippen molar-refractivity contribution in [2.75, 3.05) is 44.7 Å². The van der Waals surface area contributed by atoms with E-state index in [0.717, 1.165) is 11.3 Å². The van der Waals surface area contributed by atoms with Crippen molar-refractivity contribution in [3.8, 4) is 0 Å². The Kier molecular flexibility index (Phi) is 9.18. The molecule has 0 radical (unpaired) electrons. The van der Waals surface area contributed by atoms with Crippen LogP contribution in [0, 0.1) is 0 Å². The average Bonchev–Trinajstić information content (AvgIpc) is 3.10. The second kappa shape index (κ2) is 11.4. The van der Waals surface area contributed by atoms with E-state index < -0.39 is 0 Å². The number of benzene rings is 1. The molecule has 2 aromatic rings. The van der Waals surface area contributed by atoms with Crippen LogP contribution in [-0.2, 0) is 23.2 Å². The first-order valence-corrected chi connectivity index (χ1v) is 9.51. The van der Waals surface area contributed by atoms with Crippen LogP contribution in [0.5, 0.6) is 0 Å². The van der Waals surface area contributed by atoms with Crippen molar-refractivity contribution in [2.24, 2.45) is 12.0 Å². The van der Waals surface area contributed by atoms with Crippen molar-refractivity contribution in [3.63, 3.8) is 0 Å². The maximum Gasteiger partial charge on any atom is 0.246 e. The number of guanidine groups is 1. The first-order chi connectivity index (χ1) is 13.6. The number of hydrogen-bond acceptors (Lipinski definition) is 4. The highest BCUT2D eigenvalue weighted by Crippen LogP contribution is 2.16. The third-order valence-electron chi connectivity index (χ3n) is 4.42. The standard InChI is InChI=1S/C19H25ClN6O2.HI/c1-21-19(22-6-9-28-14-15-4-3-5-16(20)10-15)25-7-8-26(18(27)13-25)17-11-23-24(2)12-17;/h3-5,10-12H,6-9,13-14H2,1-2H3,(H,21,22);1H. The minimum atomic E-state index is 0. The number of halogens is 2. The van der Waals surface area contributed by atoms with Gasteiger partial charge in [0.15, 0.2) is 5.96 Å². The summed E-state index contributed by atoms with van der Waals surface area (Å²) in [6.07, 6.45) is 3.55. The molecule has 1 fully saturated rings. The number of carbonyl (C=O) groups is 1. The maximum atomic E-state index is 12.5. The number of nitrogens with zero attached hydrogens (tertiary/aromatic N) is 5. The van der Waals surface area contributed by atoms with Gasteiger partial charge in [-0.3, -0.25) is 14.5 Å². The molecule has 1 N–H and O–H groups in total. The molecule has 0 aliphatic carbocycles. The molecule has 1 aromatic carbocycles. The monoisotopic (exact) mass is 532 g/mol. The largest absolute Gasteiger partial charge is 0.375 e. The summed E-state index contributed by atoms with van der Waals surface area (Å²) in [7, 11) is 3.55. The van der Waals surface area contributed by atoms with Crippen molar-refractivity contribution in [3.05, 3.63) is 47.2 Å². The van der Waals surface area contributed by atoms with Crippen LogP contribution in [0.25, 0.3) is 0 Å². The Morgan fingerprint density at radius 2 is 2.21 bits per heavy atom. The van der Waals surface area contributed by atoms with Gasteiger partial charge in [-0.1, -0.05) is 23.7 Å². The number of nitrogens with one attached hydrogen (secondary N) is 1. The van der Waals surface area contributed by atoms with Crippen LogP contribution < -0.4 is 10.2 Å². The van der Waals surface area contributed by atoms with Crippen molar-refractivity contribution >= 4 is 53.1 Å². The third kappa shape index (κ3) is 6.58. The molecule has 0 saturated carbocycles. The number of carbonyl (C=O) groups excluding carboxylic acids is 1. The first-order valence-electron chi connectivity index (χ1n) is 9.13. The van der Waals surface area contributed by atoms with Gasteiger partial charge in [0, 0.05) is 44.9 Å². The number of aliphatic imine (C=N–C) groups is 1. The summed E-state index contributed by atoms with van der Waals surface area (Å²) in [5.41, 5.74) is 1.86. The number of aryl methyl sites for hydroxylation is 1. The van der Waals surface area contributed by atoms with Gasteiger partial charge in [-0.15, -0.1) is 24.0 Å². The quantitative estimate of drug-likeness (QED) is 0.267. The van der Waals surface area contributed by atoms with Crippen LogP contribution in [0.4, 0.5) is 5.69 Å². The second-order valence-corrected chi connectivity index (χ2v) is 6.93. The van der Waals surface area contributed by atoms with E-state index in [1.807, 2.05) is 42.4 Å². The lowest BCUT2D eigenvalue weighted by atomic mass is 10.2. The Hall–Kier alpha value is -1.85. The lowest BCUT2D eigenvalue weighted by Crippen LogP contribution is -2.55. The fraction of sp³-hybridized carbons (Fsp3) is 0.421. The summed E-state index contributed by atoms with van der Waals surface area (Å²) in [5, 5.41) is 8.09. The van der Waals surface area contributed by atoms with Gasteiger partial charge in [-0.05, 0) is 17.7 Å². The summed E-state index contributed by atoms with van der Waals surface area (Å²) in [5.74, 6) is 0.727. The van der Waals surface area contributed by atoms with Gasteiger partial charge in [0.2, 0.25) is 5.91 Å². The number of ether oxygens (including phenoxy) is 1. The topological polar surface area (TPSA) is 75.0 Å². The Labute approximate surface area is 192 Å². The number of aromatic nitrogens is 2. The molecule has 8 nitrogen and oxygen atoms in total. The number of anilines is 1. The van der Waals surface area contributed by atoms with E-state index in [1.54, 1.807) is 22.8 Å². The van der Waals surface area contributed by atoms with Crippen LogP contribution in [-0.4, -0.2) is 66.4 Å². The van der Waals surface area contributed by atoms with Gasteiger partial charge in [0.05, 0.1) is 25.1 Å². The Bertz CT molecular complexity index is 844. The van der Waals surface area contributed by atoms with Crippen LogP contribution in [0.3, 0.4) is 0 Å². The SMILES string of the molecule is CN=C(NCCOCc1cccc(Cl)c1)N1CCN(c2cnn(C)c2)C(=O)C1.I. The fourth-order valence-electron chi connectivity index (χ4n) is 3.06. The van der Waals surface area contributed by atoms with E-state index in [1.165, 1.54) is 0 Å². The Balaban J connectivity index is 0.00000300. The molecule has 0 unspecified atom stereocenters. The zero-order chi connectivity index (χ0) is 19.9. The molecule has 10 heteroatoms. The summed E-state index contributed by atoms with van der Waals surface area (Å²) < 4.78 is 7.37. The van der Waals surface area contributed by atoms with Crippen molar-refractivity contribution in [1.82, 2.24) is 20.0 Å². The van der Waals surface area contributed by atoms with E-state index in [-0.39, 0.29) is 36.4 Å². The smallest absolute Gasteiger partial charge is 0.246 e.